The Morgan fingerprint density at radius 1 is 0.636 bits per heavy atom. The van der Waals surface area contributed by atoms with Gasteiger partial charge < -0.3 is 0 Å². The molecule has 8 heteroatoms. The minimum atomic E-state index is -1.97. The molecule has 0 aromatic rings. The molecule has 0 fully saturated rings. The van der Waals surface area contributed by atoms with Crippen LogP contribution in [0.3, 0.4) is 0 Å². The van der Waals surface area contributed by atoms with Gasteiger partial charge in [-0.05, 0) is 0 Å². The van der Waals surface area contributed by atoms with E-state index < -0.39 is 11.8 Å². The van der Waals surface area contributed by atoms with Crippen LogP contribution in [0.25, 0.3) is 0 Å². The van der Waals surface area contributed by atoms with E-state index in [2.05, 4.69) is 12.6 Å². The summed E-state index contributed by atoms with van der Waals surface area (Å²) in [6, 6.07) is 0. The lowest BCUT2D eigenvalue weighted by atomic mass is 10.5. The lowest BCUT2D eigenvalue weighted by Gasteiger charge is -2.34. The molecule has 0 nitrogen and oxygen atoms in total. The third-order valence-electron chi connectivity index (χ3n) is 0.751. The molecule has 0 aliphatic rings. The zero-order chi connectivity index (χ0) is 9.50. The molecule has 0 spiro atoms. The number of halogens is 7. The zero-order valence-electron chi connectivity index (χ0n) is 4.59. The van der Waals surface area contributed by atoms with Crippen LogP contribution < -0.4 is 0 Å². The molecule has 0 aliphatic carbocycles. The topological polar surface area (TPSA) is 0 Å². The summed E-state index contributed by atoms with van der Waals surface area (Å²) in [7, 11) is 0. The van der Waals surface area contributed by atoms with E-state index in [4.69, 9.17) is 81.2 Å². The maximum Gasteiger partial charge on any atom is 0.222 e. The summed E-state index contributed by atoms with van der Waals surface area (Å²) in [5.74, 6) is 0. The normalized spacial score (nSPS) is 15.3. The van der Waals surface area contributed by atoms with Crippen LogP contribution in [0, 0.1) is 0 Å². The highest BCUT2D eigenvalue weighted by Gasteiger charge is 2.57. The van der Waals surface area contributed by atoms with Crippen LogP contribution in [0.2, 0.25) is 0 Å². The van der Waals surface area contributed by atoms with Crippen LogP contribution in [0.5, 0.6) is 0 Å². The second-order valence-electron chi connectivity index (χ2n) is 1.62. The Labute approximate surface area is 105 Å². The molecule has 0 rings (SSSR count). The van der Waals surface area contributed by atoms with Gasteiger partial charge in [-0.2, -0.15) is 0 Å². The molecular formula is C3HCl7S. The maximum atomic E-state index is 5.56. The van der Waals surface area contributed by atoms with Crippen molar-refractivity contribution >= 4 is 93.8 Å². The molecule has 0 unspecified atom stereocenters. The van der Waals surface area contributed by atoms with Crippen molar-refractivity contribution < 1.29 is 0 Å². The largest absolute Gasteiger partial charge is 0.222 e. The molecule has 0 aliphatic heterocycles. The van der Waals surface area contributed by atoms with Gasteiger partial charge in [0.2, 0.25) is 7.59 Å². The van der Waals surface area contributed by atoms with Crippen molar-refractivity contribution in [3.63, 3.8) is 0 Å². The minimum Gasteiger partial charge on any atom is -0.148 e. The molecule has 0 heterocycles. The molecule has 0 atom stereocenters. The minimum absolute atomic E-state index is 1.87. The third kappa shape index (κ3) is 3.21. The van der Waals surface area contributed by atoms with Gasteiger partial charge >= 0.3 is 0 Å². The smallest absolute Gasteiger partial charge is 0.148 e. The van der Waals surface area contributed by atoms with E-state index in [1.165, 1.54) is 0 Å². The van der Waals surface area contributed by atoms with E-state index in [0.717, 1.165) is 0 Å². The summed E-state index contributed by atoms with van der Waals surface area (Å²) in [4.78, 5) is 0. The van der Waals surface area contributed by atoms with E-state index in [9.17, 15) is 0 Å². The van der Waals surface area contributed by atoms with Gasteiger partial charge in [0, 0.05) is 0 Å². The number of alkyl halides is 7. The number of hydrogen-bond acceptors (Lipinski definition) is 1. The SMILES string of the molecule is SC(Cl)(C(Cl)(Cl)Cl)C(Cl)(Cl)Cl. The fourth-order valence-corrected chi connectivity index (χ4v) is 1.45. The highest BCUT2D eigenvalue weighted by molar-refractivity contribution is 7.84. The van der Waals surface area contributed by atoms with Crippen molar-refractivity contribution in [1.82, 2.24) is 0 Å². The quantitative estimate of drug-likeness (QED) is 0.490. The number of thiol groups is 1. The average Bonchev–Trinajstić information content (AvgIpc) is 1.58. The summed E-state index contributed by atoms with van der Waals surface area (Å²) < 4.78 is -5.80. The number of hydrogen-bond donors (Lipinski definition) is 1. The first-order chi connectivity index (χ1) is 4.50. The summed E-state index contributed by atoms with van der Waals surface area (Å²) in [5, 5.41) is 0. The second kappa shape index (κ2) is 3.86. The Morgan fingerprint density at radius 3 is 0.818 bits per heavy atom. The van der Waals surface area contributed by atoms with Gasteiger partial charge in [0.15, 0.2) is 4.21 Å². The van der Waals surface area contributed by atoms with Gasteiger partial charge in [0.05, 0.1) is 0 Å². The van der Waals surface area contributed by atoms with E-state index in [1.807, 2.05) is 0 Å². The van der Waals surface area contributed by atoms with Crippen molar-refractivity contribution in [2.45, 2.75) is 11.8 Å². The Kier molecular flexibility index (Phi) is 4.70. The van der Waals surface area contributed by atoms with E-state index in [0.29, 0.717) is 0 Å². The molecule has 11 heavy (non-hydrogen) atoms. The fourth-order valence-electron chi connectivity index (χ4n) is 0.161. The van der Waals surface area contributed by atoms with Crippen LogP contribution in [0.15, 0.2) is 0 Å². The monoisotopic (exact) mass is 314 g/mol. The molecule has 0 aromatic carbocycles. The Hall–Kier alpha value is 2.38. The molecular weight excluding hydrogens is 316 g/mol. The van der Waals surface area contributed by atoms with Gasteiger partial charge in [0.1, 0.15) is 0 Å². The Balaban J connectivity index is 4.75. The lowest BCUT2D eigenvalue weighted by Crippen LogP contribution is -2.43. The van der Waals surface area contributed by atoms with Crippen LogP contribution in [0.1, 0.15) is 0 Å². The van der Waals surface area contributed by atoms with E-state index >= 15 is 0 Å². The second-order valence-corrected chi connectivity index (χ2v) is 7.68. The molecule has 0 saturated carbocycles. The van der Waals surface area contributed by atoms with Crippen molar-refractivity contribution in [2.75, 3.05) is 0 Å². The predicted molar refractivity (Wildman–Crippen MR) is 58.2 cm³/mol. The Morgan fingerprint density at radius 2 is 0.818 bits per heavy atom. The van der Waals surface area contributed by atoms with Crippen molar-refractivity contribution in [3.8, 4) is 0 Å². The first kappa shape index (κ1) is 13.4. The molecule has 0 N–H and O–H groups in total. The van der Waals surface area contributed by atoms with Gasteiger partial charge in [-0.25, -0.2) is 0 Å². The maximum absolute atomic E-state index is 5.56. The highest BCUT2D eigenvalue weighted by atomic mass is 35.6. The first-order valence-corrected chi connectivity index (χ1v) is 5.14. The third-order valence-corrected chi connectivity index (χ3v) is 5.06. The lowest BCUT2D eigenvalue weighted by molar-refractivity contribution is 0.840. The first-order valence-electron chi connectivity index (χ1n) is 2.05. The summed E-state index contributed by atoms with van der Waals surface area (Å²) >= 11 is 41.6. The summed E-state index contributed by atoms with van der Waals surface area (Å²) in [6.45, 7) is 0. The highest BCUT2D eigenvalue weighted by Crippen LogP contribution is 2.57. The van der Waals surface area contributed by atoms with Crippen LogP contribution in [-0.4, -0.2) is 11.8 Å². The molecule has 0 amide bonds. The van der Waals surface area contributed by atoms with Gasteiger partial charge in [-0.15, -0.1) is 12.6 Å². The van der Waals surface area contributed by atoms with Gasteiger partial charge in [-0.3, -0.25) is 0 Å². The Bertz CT molecular complexity index is 125. The van der Waals surface area contributed by atoms with Crippen LogP contribution in [0.4, 0.5) is 0 Å². The molecule has 0 saturated heterocycles. The molecule has 0 radical (unpaired) electrons. The standard InChI is InChI=1S/C3HCl7S/c4-1(11,2(5,6)7)3(8,9)10/h11H. The number of rotatable bonds is 0. The van der Waals surface area contributed by atoms with Crippen LogP contribution >= 0.6 is 93.8 Å². The van der Waals surface area contributed by atoms with E-state index in [1.54, 1.807) is 0 Å². The van der Waals surface area contributed by atoms with Crippen molar-refractivity contribution in [1.29, 1.82) is 0 Å². The fraction of sp³-hybridized carbons (Fsp3) is 1.00. The van der Waals surface area contributed by atoms with Crippen molar-refractivity contribution in [3.05, 3.63) is 0 Å². The predicted octanol–water partition coefficient (Wildman–Crippen LogP) is 4.59. The average molecular weight is 317 g/mol. The van der Waals surface area contributed by atoms with E-state index in [-0.39, 0.29) is 0 Å². The van der Waals surface area contributed by atoms with Gasteiger partial charge in [0.25, 0.3) is 0 Å². The van der Waals surface area contributed by atoms with Crippen LogP contribution in [-0.2, 0) is 0 Å². The summed E-state index contributed by atoms with van der Waals surface area (Å²) in [5.41, 5.74) is 0. The molecule has 0 bridgehead atoms. The summed E-state index contributed by atoms with van der Waals surface area (Å²) in [6.07, 6.45) is 0. The molecule has 0 aromatic heterocycles. The zero-order valence-corrected chi connectivity index (χ0v) is 10.8. The molecule has 68 valence electrons. The van der Waals surface area contributed by atoms with Crippen molar-refractivity contribution in [2.24, 2.45) is 0 Å². The van der Waals surface area contributed by atoms with Gasteiger partial charge in [-0.1, -0.05) is 81.2 Å².